The van der Waals surface area contributed by atoms with Crippen molar-refractivity contribution < 1.29 is 22.7 Å². The van der Waals surface area contributed by atoms with Gasteiger partial charge in [-0.2, -0.15) is 0 Å². The molecule has 0 bridgehead atoms. The van der Waals surface area contributed by atoms with Crippen molar-refractivity contribution in [2.24, 2.45) is 0 Å². The van der Waals surface area contributed by atoms with E-state index in [9.17, 15) is 13.2 Å². The normalized spacial score (nSPS) is 11.2. The van der Waals surface area contributed by atoms with Gasteiger partial charge in [0, 0.05) is 6.54 Å². The van der Waals surface area contributed by atoms with E-state index in [4.69, 9.17) is 9.47 Å². The predicted octanol–water partition coefficient (Wildman–Crippen LogP) is 4.82. The van der Waals surface area contributed by atoms with E-state index >= 15 is 0 Å². The summed E-state index contributed by atoms with van der Waals surface area (Å²) in [4.78, 5) is 12.9. The van der Waals surface area contributed by atoms with Crippen LogP contribution < -0.4 is 19.1 Å². The number of anilines is 1. The van der Waals surface area contributed by atoms with E-state index in [-0.39, 0.29) is 23.5 Å². The van der Waals surface area contributed by atoms with Crippen LogP contribution in [0.1, 0.15) is 32.8 Å². The van der Waals surface area contributed by atoms with Crippen molar-refractivity contribution in [2.45, 2.75) is 44.6 Å². The molecule has 0 aliphatic rings. The van der Waals surface area contributed by atoms with Gasteiger partial charge in [-0.1, -0.05) is 30.3 Å². The van der Waals surface area contributed by atoms with E-state index in [2.05, 4.69) is 5.32 Å². The molecule has 0 fully saturated rings. The second kappa shape index (κ2) is 13.0. The van der Waals surface area contributed by atoms with Crippen LogP contribution in [0.2, 0.25) is 0 Å². The summed E-state index contributed by atoms with van der Waals surface area (Å²) in [7, 11) is -3.94. The number of hydrogen-bond acceptors (Lipinski definition) is 5. The first-order valence-electron chi connectivity index (χ1n) is 12.1. The van der Waals surface area contributed by atoms with Gasteiger partial charge in [0.25, 0.3) is 10.0 Å². The number of sulfonamides is 1. The molecule has 0 spiro atoms. The number of ether oxygens (including phenoxy) is 2. The highest BCUT2D eigenvalue weighted by molar-refractivity contribution is 7.92. The smallest absolute Gasteiger partial charge is 0.264 e. The summed E-state index contributed by atoms with van der Waals surface area (Å²) in [6.45, 7) is 6.46. The van der Waals surface area contributed by atoms with Crippen molar-refractivity contribution in [3.05, 3.63) is 84.4 Å². The molecule has 1 N–H and O–H groups in total. The molecule has 0 atom stereocenters. The Morgan fingerprint density at radius 2 is 1.56 bits per heavy atom. The van der Waals surface area contributed by atoms with Gasteiger partial charge in [0.2, 0.25) is 5.91 Å². The molecule has 3 aromatic carbocycles. The van der Waals surface area contributed by atoms with Gasteiger partial charge in [-0.05, 0) is 87.7 Å². The highest BCUT2D eigenvalue weighted by Gasteiger charge is 2.27. The van der Waals surface area contributed by atoms with Gasteiger partial charge in [-0.15, -0.1) is 0 Å². The van der Waals surface area contributed by atoms with Gasteiger partial charge in [-0.25, -0.2) is 8.42 Å². The summed E-state index contributed by atoms with van der Waals surface area (Å²) >= 11 is 0. The van der Waals surface area contributed by atoms with Crippen LogP contribution in [0.5, 0.6) is 11.5 Å². The lowest BCUT2D eigenvalue weighted by Crippen LogP contribution is -2.41. The van der Waals surface area contributed by atoms with E-state index in [1.54, 1.807) is 42.5 Å². The Balaban J connectivity index is 1.63. The summed E-state index contributed by atoms with van der Waals surface area (Å²) < 4.78 is 39.0. The Hall–Kier alpha value is -3.52. The molecule has 1 amide bonds. The van der Waals surface area contributed by atoms with Crippen LogP contribution in [0, 0.1) is 0 Å². The fourth-order valence-electron chi connectivity index (χ4n) is 3.62. The topological polar surface area (TPSA) is 84.9 Å². The van der Waals surface area contributed by atoms with E-state index in [1.165, 1.54) is 12.1 Å². The van der Waals surface area contributed by atoms with E-state index in [1.807, 2.05) is 45.0 Å². The lowest BCUT2D eigenvalue weighted by Gasteiger charge is -2.24. The van der Waals surface area contributed by atoms with Crippen LogP contribution in [-0.2, 0) is 21.2 Å². The first-order chi connectivity index (χ1) is 17.3. The van der Waals surface area contributed by atoms with Crippen molar-refractivity contribution in [1.82, 2.24) is 5.32 Å². The first-order valence-corrected chi connectivity index (χ1v) is 13.6. The van der Waals surface area contributed by atoms with Crippen LogP contribution in [-0.4, -0.2) is 40.1 Å². The van der Waals surface area contributed by atoms with Gasteiger partial charge in [-0.3, -0.25) is 9.10 Å². The summed E-state index contributed by atoms with van der Waals surface area (Å²) in [6, 6.07) is 22.7. The van der Waals surface area contributed by atoms with Crippen LogP contribution in [0.3, 0.4) is 0 Å². The van der Waals surface area contributed by atoms with Crippen molar-refractivity contribution in [3.63, 3.8) is 0 Å². The molecular weight excluding hydrogens is 476 g/mol. The Kier molecular flexibility index (Phi) is 9.76. The fraction of sp³-hybridized carbons (Fsp3) is 0.321. The van der Waals surface area contributed by atoms with Crippen molar-refractivity contribution in [1.29, 1.82) is 0 Å². The number of amides is 1. The zero-order chi connectivity index (χ0) is 26.0. The molecule has 0 aliphatic carbocycles. The van der Waals surface area contributed by atoms with Crippen LogP contribution in [0.4, 0.5) is 5.69 Å². The molecule has 0 aliphatic heterocycles. The molecule has 8 heteroatoms. The maximum absolute atomic E-state index is 13.4. The van der Waals surface area contributed by atoms with E-state index in [0.717, 1.165) is 28.5 Å². The minimum atomic E-state index is -3.94. The van der Waals surface area contributed by atoms with Gasteiger partial charge in [0.15, 0.2) is 0 Å². The molecule has 7 nitrogen and oxygen atoms in total. The molecule has 192 valence electrons. The second-order valence-corrected chi connectivity index (χ2v) is 10.4. The number of hydrogen-bond donors (Lipinski definition) is 1. The zero-order valence-corrected chi connectivity index (χ0v) is 21.8. The van der Waals surface area contributed by atoms with Crippen LogP contribution >= 0.6 is 0 Å². The zero-order valence-electron chi connectivity index (χ0n) is 21.0. The van der Waals surface area contributed by atoms with Crippen molar-refractivity contribution >= 4 is 21.6 Å². The molecule has 36 heavy (non-hydrogen) atoms. The third-order valence-electron chi connectivity index (χ3n) is 5.31. The first kappa shape index (κ1) is 27.1. The Bertz CT molecular complexity index is 1190. The highest BCUT2D eigenvalue weighted by Crippen LogP contribution is 2.25. The van der Waals surface area contributed by atoms with E-state index in [0.29, 0.717) is 24.6 Å². The number of benzene rings is 3. The predicted molar refractivity (Wildman–Crippen MR) is 142 cm³/mol. The standard InChI is InChI=1S/C28H34N2O5S/c1-4-34-25-18-14-24(15-19-25)30(36(32,33)27-10-6-5-7-11-27)21-28(31)29-20-8-9-23-12-16-26(17-13-23)35-22(2)3/h5-7,10-19,22H,4,8-9,20-21H2,1-3H3,(H,29,31). The Labute approximate surface area is 214 Å². The minimum Gasteiger partial charge on any atom is -0.494 e. The average molecular weight is 511 g/mol. The van der Waals surface area contributed by atoms with Crippen LogP contribution in [0.25, 0.3) is 0 Å². The maximum Gasteiger partial charge on any atom is 0.264 e. The fourth-order valence-corrected chi connectivity index (χ4v) is 5.07. The lowest BCUT2D eigenvalue weighted by atomic mass is 10.1. The molecule has 0 saturated heterocycles. The quantitative estimate of drug-likeness (QED) is 0.334. The number of nitrogens with zero attached hydrogens (tertiary/aromatic N) is 1. The van der Waals surface area contributed by atoms with Gasteiger partial charge < -0.3 is 14.8 Å². The molecule has 3 rings (SSSR count). The number of rotatable bonds is 13. The van der Waals surface area contributed by atoms with Crippen molar-refractivity contribution in [3.8, 4) is 11.5 Å². The Morgan fingerprint density at radius 1 is 0.917 bits per heavy atom. The van der Waals surface area contributed by atoms with Crippen LogP contribution in [0.15, 0.2) is 83.8 Å². The lowest BCUT2D eigenvalue weighted by molar-refractivity contribution is -0.119. The number of aryl methyl sites for hydroxylation is 1. The molecule has 0 radical (unpaired) electrons. The summed E-state index contributed by atoms with van der Waals surface area (Å²) in [5.74, 6) is 1.09. The van der Waals surface area contributed by atoms with Gasteiger partial charge >= 0.3 is 0 Å². The average Bonchev–Trinajstić information content (AvgIpc) is 2.87. The summed E-state index contributed by atoms with van der Waals surface area (Å²) in [5.41, 5.74) is 1.53. The number of nitrogens with one attached hydrogen (secondary N) is 1. The van der Waals surface area contributed by atoms with Crippen molar-refractivity contribution in [2.75, 3.05) is 24.0 Å². The summed E-state index contributed by atoms with van der Waals surface area (Å²) in [6.07, 6.45) is 1.64. The number of carbonyl (C=O) groups is 1. The van der Waals surface area contributed by atoms with E-state index < -0.39 is 10.0 Å². The molecule has 3 aromatic rings. The third kappa shape index (κ3) is 7.75. The minimum absolute atomic E-state index is 0.122. The second-order valence-electron chi connectivity index (χ2n) is 8.52. The molecular formula is C28H34N2O5S. The van der Waals surface area contributed by atoms with Gasteiger partial charge in [0.05, 0.1) is 23.3 Å². The largest absolute Gasteiger partial charge is 0.494 e. The highest BCUT2D eigenvalue weighted by atomic mass is 32.2. The monoisotopic (exact) mass is 510 g/mol. The van der Waals surface area contributed by atoms with Gasteiger partial charge in [0.1, 0.15) is 18.0 Å². The Morgan fingerprint density at radius 3 is 2.17 bits per heavy atom. The molecule has 0 saturated carbocycles. The molecule has 0 unspecified atom stereocenters. The number of carbonyl (C=O) groups excluding carboxylic acids is 1. The molecule has 0 heterocycles. The SMILES string of the molecule is CCOc1ccc(N(CC(=O)NCCCc2ccc(OC(C)C)cc2)S(=O)(=O)c2ccccc2)cc1. The summed E-state index contributed by atoms with van der Waals surface area (Å²) in [5, 5.41) is 2.85. The molecule has 0 aromatic heterocycles. The third-order valence-corrected chi connectivity index (χ3v) is 7.10. The maximum atomic E-state index is 13.4.